The molecule has 12 heteroatoms. The number of rotatable bonds is 6. The topological polar surface area (TPSA) is 128 Å². The molecule has 31 heavy (non-hydrogen) atoms. The van der Waals surface area contributed by atoms with Crippen molar-refractivity contribution >= 4 is 39.2 Å². The van der Waals surface area contributed by atoms with Crippen LogP contribution in [0.5, 0.6) is 0 Å². The Balaban J connectivity index is 1.80. The predicted molar refractivity (Wildman–Crippen MR) is 117 cm³/mol. The molecule has 2 heterocycles. The number of aromatic nitrogens is 4. The molecule has 0 saturated carbocycles. The summed E-state index contributed by atoms with van der Waals surface area (Å²) in [6.45, 7) is 3.36. The third kappa shape index (κ3) is 5.50. The molecule has 0 saturated heterocycles. The number of sulfonamides is 1. The van der Waals surface area contributed by atoms with Gasteiger partial charge in [-0.3, -0.25) is 10.0 Å². The van der Waals surface area contributed by atoms with Crippen LogP contribution in [0.1, 0.15) is 24.3 Å². The number of halogens is 1. The molecule has 1 amide bonds. The van der Waals surface area contributed by atoms with Crippen molar-refractivity contribution in [2.75, 3.05) is 16.3 Å². The summed E-state index contributed by atoms with van der Waals surface area (Å²) in [5.41, 5.74) is 2.17. The second-order valence-electron chi connectivity index (χ2n) is 6.81. The van der Waals surface area contributed by atoms with Gasteiger partial charge in [-0.25, -0.2) is 22.9 Å². The van der Waals surface area contributed by atoms with Gasteiger partial charge in [-0.1, -0.05) is 35.0 Å². The van der Waals surface area contributed by atoms with Crippen molar-refractivity contribution in [1.29, 1.82) is 0 Å². The number of carbonyl (C=O) groups is 1. The first kappa shape index (κ1) is 22.5. The first-order chi connectivity index (χ1) is 14.5. The van der Waals surface area contributed by atoms with Crippen molar-refractivity contribution in [3.63, 3.8) is 0 Å². The number of ether oxygens (including phenoxy) is 1. The van der Waals surface area contributed by atoms with E-state index in [1.165, 1.54) is 4.68 Å². The summed E-state index contributed by atoms with van der Waals surface area (Å²) < 4.78 is 32.1. The molecule has 10 nitrogen and oxygen atoms in total. The van der Waals surface area contributed by atoms with Crippen molar-refractivity contribution in [2.45, 2.75) is 20.0 Å². The number of nitrogens with one attached hydrogen (secondary N) is 2. The van der Waals surface area contributed by atoms with Gasteiger partial charge in [0.05, 0.1) is 23.3 Å². The third-order valence-electron chi connectivity index (χ3n) is 4.30. The smallest absolute Gasteiger partial charge is 0.413 e. The number of hydrogen-bond acceptors (Lipinski definition) is 7. The van der Waals surface area contributed by atoms with E-state index in [0.717, 1.165) is 6.26 Å². The van der Waals surface area contributed by atoms with Crippen LogP contribution in [0.15, 0.2) is 36.4 Å². The van der Waals surface area contributed by atoms with E-state index in [-0.39, 0.29) is 5.82 Å². The van der Waals surface area contributed by atoms with Crippen LogP contribution in [0.4, 0.5) is 16.3 Å². The van der Waals surface area contributed by atoms with Gasteiger partial charge < -0.3 is 4.74 Å². The van der Waals surface area contributed by atoms with Crippen LogP contribution in [0.25, 0.3) is 11.4 Å². The van der Waals surface area contributed by atoms with Crippen molar-refractivity contribution in [1.82, 2.24) is 20.0 Å². The molecule has 2 N–H and O–H groups in total. The molecule has 0 bridgehead atoms. The number of carbonyl (C=O) groups excluding carboxylic acids is 1. The molecule has 0 aliphatic carbocycles. The highest BCUT2D eigenvalue weighted by Crippen LogP contribution is 2.28. The summed E-state index contributed by atoms with van der Waals surface area (Å²) in [6, 6.07) is 10.2. The average Bonchev–Trinajstić information content (AvgIpc) is 3.03. The molecule has 0 aliphatic rings. The highest BCUT2D eigenvalue weighted by Gasteiger charge is 2.20. The molecule has 0 radical (unpaired) electrons. The number of benzene rings is 1. The van der Waals surface area contributed by atoms with Crippen molar-refractivity contribution in [3.8, 4) is 11.4 Å². The summed E-state index contributed by atoms with van der Waals surface area (Å²) in [5.74, 6) is 0.270. The van der Waals surface area contributed by atoms with Gasteiger partial charge in [0.1, 0.15) is 6.10 Å². The lowest BCUT2D eigenvalue weighted by Crippen LogP contribution is -2.18. The molecule has 3 aromatic rings. The van der Waals surface area contributed by atoms with Crippen LogP contribution >= 0.6 is 11.6 Å². The lowest BCUT2D eigenvalue weighted by atomic mass is 10.1. The van der Waals surface area contributed by atoms with Gasteiger partial charge in [0.25, 0.3) is 0 Å². The number of anilines is 2. The maximum Gasteiger partial charge on any atom is 0.413 e. The summed E-state index contributed by atoms with van der Waals surface area (Å²) in [5, 5.41) is 11.1. The van der Waals surface area contributed by atoms with Gasteiger partial charge in [-0.15, -0.1) is 5.10 Å². The number of pyridine rings is 1. The largest absolute Gasteiger partial charge is 0.441 e. The van der Waals surface area contributed by atoms with Gasteiger partial charge in [0, 0.05) is 17.6 Å². The summed E-state index contributed by atoms with van der Waals surface area (Å²) in [7, 11) is -1.83. The fraction of sp³-hybridized carbons (Fsp3) is 0.263. The Labute approximate surface area is 184 Å². The Bertz CT molecular complexity index is 1230. The van der Waals surface area contributed by atoms with Crippen LogP contribution in [0, 0.1) is 6.92 Å². The third-order valence-corrected chi connectivity index (χ3v) is 5.23. The molecular weight excluding hydrogens is 444 g/mol. The normalized spacial score (nSPS) is 12.3. The zero-order valence-corrected chi connectivity index (χ0v) is 18.8. The molecule has 1 aromatic carbocycles. The van der Waals surface area contributed by atoms with E-state index in [1.807, 2.05) is 0 Å². The first-order valence-electron chi connectivity index (χ1n) is 9.12. The molecule has 3 rings (SSSR count). The first-order valence-corrected chi connectivity index (χ1v) is 11.4. The van der Waals surface area contributed by atoms with Gasteiger partial charge >= 0.3 is 6.09 Å². The van der Waals surface area contributed by atoms with E-state index in [4.69, 9.17) is 16.3 Å². The minimum absolute atomic E-state index is 0.270. The van der Waals surface area contributed by atoms with Crippen LogP contribution in [-0.2, 0) is 21.8 Å². The SMILES string of the molecule is Cc1nc(-c2nnn(C)c2NC(=O)O[C@H](C)c2ccccc2Cl)ccc1NS(C)(=O)=O. The molecule has 1 atom stereocenters. The van der Waals surface area contributed by atoms with Crippen LogP contribution in [0.3, 0.4) is 0 Å². The minimum atomic E-state index is -3.44. The van der Waals surface area contributed by atoms with Crippen LogP contribution in [-0.4, -0.2) is 40.7 Å². The minimum Gasteiger partial charge on any atom is -0.441 e. The predicted octanol–water partition coefficient (Wildman–Crippen LogP) is 3.52. The van der Waals surface area contributed by atoms with Crippen molar-refractivity contribution in [2.24, 2.45) is 7.05 Å². The molecular formula is C19H21ClN6O4S. The fourth-order valence-electron chi connectivity index (χ4n) is 2.83. The monoisotopic (exact) mass is 464 g/mol. The van der Waals surface area contributed by atoms with E-state index in [0.29, 0.717) is 33.4 Å². The van der Waals surface area contributed by atoms with Gasteiger partial charge in [0.2, 0.25) is 10.0 Å². The van der Waals surface area contributed by atoms with Crippen molar-refractivity contribution < 1.29 is 17.9 Å². The number of hydrogen-bond donors (Lipinski definition) is 2. The lowest BCUT2D eigenvalue weighted by Gasteiger charge is -2.15. The standard InChI is InChI=1S/C19H21ClN6O4S/c1-11-15(24-31(4,28)29)9-10-16(21-11)17-18(26(3)25-23-17)22-19(27)30-12(2)13-7-5-6-8-14(13)20/h5-10,12,24H,1-4H3,(H,22,27)/t12-/m1/s1. The summed E-state index contributed by atoms with van der Waals surface area (Å²) >= 11 is 6.16. The number of nitrogens with zero attached hydrogens (tertiary/aromatic N) is 4. The van der Waals surface area contributed by atoms with Crippen molar-refractivity contribution in [3.05, 3.63) is 52.7 Å². The Morgan fingerprint density at radius 1 is 1.23 bits per heavy atom. The molecule has 0 spiro atoms. The summed E-state index contributed by atoms with van der Waals surface area (Å²) in [6.07, 6.45) is -0.244. The van der Waals surface area contributed by atoms with Gasteiger partial charge in [-0.05, 0) is 32.0 Å². The van der Waals surface area contributed by atoms with E-state index in [9.17, 15) is 13.2 Å². The van der Waals surface area contributed by atoms with E-state index in [2.05, 4.69) is 25.3 Å². The second-order valence-corrected chi connectivity index (χ2v) is 8.96. The van der Waals surface area contributed by atoms with E-state index >= 15 is 0 Å². The molecule has 0 unspecified atom stereocenters. The lowest BCUT2D eigenvalue weighted by molar-refractivity contribution is 0.121. The number of amides is 1. The zero-order valence-electron chi connectivity index (χ0n) is 17.2. The van der Waals surface area contributed by atoms with Gasteiger partial charge in [-0.2, -0.15) is 0 Å². The van der Waals surface area contributed by atoms with E-state index in [1.54, 1.807) is 57.3 Å². The number of aryl methyl sites for hydroxylation is 2. The Morgan fingerprint density at radius 2 is 1.94 bits per heavy atom. The molecule has 2 aromatic heterocycles. The maximum atomic E-state index is 12.5. The molecule has 0 fully saturated rings. The van der Waals surface area contributed by atoms with Crippen LogP contribution < -0.4 is 10.0 Å². The fourth-order valence-corrected chi connectivity index (χ4v) is 3.73. The molecule has 0 aliphatic heterocycles. The quantitative estimate of drug-likeness (QED) is 0.571. The van der Waals surface area contributed by atoms with Crippen LogP contribution in [0.2, 0.25) is 5.02 Å². The van der Waals surface area contributed by atoms with E-state index < -0.39 is 22.2 Å². The Hall–Kier alpha value is -3.18. The maximum absolute atomic E-state index is 12.5. The second kappa shape index (κ2) is 8.90. The Morgan fingerprint density at radius 3 is 2.58 bits per heavy atom. The summed E-state index contributed by atoms with van der Waals surface area (Å²) in [4.78, 5) is 16.9. The highest BCUT2D eigenvalue weighted by atomic mass is 35.5. The molecule has 164 valence electrons. The van der Waals surface area contributed by atoms with Gasteiger partial charge in [0.15, 0.2) is 11.5 Å². The highest BCUT2D eigenvalue weighted by molar-refractivity contribution is 7.92. The Kier molecular flexibility index (Phi) is 6.46. The zero-order chi connectivity index (χ0) is 22.8. The average molecular weight is 465 g/mol.